The number of aryl methyl sites for hydroxylation is 1. The molecule has 0 aromatic heterocycles. The number of likely N-dealkylation sites (tertiary alicyclic amines) is 1. The smallest absolute Gasteiger partial charge is 0.345 e. The van der Waals surface area contributed by atoms with E-state index < -0.39 is 23.9 Å². The number of para-hydroxylation sites is 1. The zero-order chi connectivity index (χ0) is 26.0. The standard InChI is InChI=1S/C26H30F3N5O2/c1-3-8-22(35)32-14-5-4-12-20(16-32)33-23-17(2)9-6-13-21(23)31-25(33)34(30)24(36)18-10-7-11-19(15-18)26(27,28)29/h3,6-11,13,15,20,25,31H,4-5,12,14,16,30H2,1-2H3/b8-3+. The number of carbonyl (C=O) groups is 2. The maximum absolute atomic E-state index is 13.3. The van der Waals surface area contributed by atoms with Crippen molar-refractivity contribution in [1.29, 1.82) is 0 Å². The van der Waals surface area contributed by atoms with E-state index in [9.17, 15) is 22.8 Å². The Labute approximate surface area is 208 Å². The van der Waals surface area contributed by atoms with Crippen molar-refractivity contribution in [3.8, 4) is 0 Å². The highest BCUT2D eigenvalue weighted by atomic mass is 19.4. The Morgan fingerprint density at radius 2 is 1.92 bits per heavy atom. The van der Waals surface area contributed by atoms with Crippen LogP contribution in [0.4, 0.5) is 24.5 Å². The van der Waals surface area contributed by atoms with Gasteiger partial charge in [-0.2, -0.15) is 13.2 Å². The number of amides is 2. The van der Waals surface area contributed by atoms with Crippen molar-refractivity contribution in [1.82, 2.24) is 9.91 Å². The Bertz CT molecular complexity index is 1170. The van der Waals surface area contributed by atoms with Gasteiger partial charge in [0.25, 0.3) is 5.91 Å². The minimum atomic E-state index is -4.58. The lowest BCUT2D eigenvalue weighted by atomic mass is 10.1. The molecule has 2 heterocycles. The summed E-state index contributed by atoms with van der Waals surface area (Å²) in [5.41, 5.74) is 1.51. The van der Waals surface area contributed by atoms with E-state index in [1.807, 2.05) is 30.0 Å². The second-order valence-electron chi connectivity index (χ2n) is 9.12. The summed E-state index contributed by atoms with van der Waals surface area (Å²) in [6, 6.07) is 9.77. The molecule has 2 atom stereocenters. The molecule has 0 aliphatic carbocycles. The van der Waals surface area contributed by atoms with Crippen molar-refractivity contribution >= 4 is 23.2 Å². The number of rotatable bonds is 4. The molecule has 3 N–H and O–H groups in total. The van der Waals surface area contributed by atoms with Gasteiger partial charge in [-0.05, 0) is 69.0 Å². The van der Waals surface area contributed by atoms with E-state index in [0.29, 0.717) is 13.1 Å². The fourth-order valence-electron chi connectivity index (χ4n) is 4.92. The van der Waals surface area contributed by atoms with E-state index in [1.54, 1.807) is 17.9 Å². The number of hydrogen-bond acceptors (Lipinski definition) is 5. The summed E-state index contributed by atoms with van der Waals surface area (Å²) in [5.74, 6) is 5.50. The van der Waals surface area contributed by atoms with Crippen molar-refractivity contribution in [2.24, 2.45) is 5.84 Å². The number of halogens is 3. The van der Waals surface area contributed by atoms with Crippen LogP contribution in [0.15, 0.2) is 54.6 Å². The molecule has 2 unspecified atom stereocenters. The molecule has 1 fully saturated rings. The Balaban J connectivity index is 1.69. The van der Waals surface area contributed by atoms with Crippen LogP contribution in [0.3, 0.4) is 0 Å². The fourth-order valence-corrected chi connectivity index (χ4v) is 4.92. The number of fused-ring (bicyclic) bond motifs is 1. The van der Waals surface area contributed by atoms with Crippen molar-refractivity contribution in [3.05, 3.63) is 71.3 Å². The molecule has 10 heteroatoms. The third kappa shape index (κ3) is 5.04. The van der Waals surface area contributed by atoms with Gasteiger partial charge in [-0.25, -0.2) is 10.9 Å². The summed E-state index contributed by atoms with van der Waals surface area (Å²) in [5, 5.41) is 4.22. The molecular weight excluding hydrogens is 471 g/mol. The maximum atomic E-state index is 13.3. The normalized spacial score (nSPS) is 20.2. The summed E-state index contributed by atoms with van der Waals surface area (Å²) in [6.07, 6.45) is 0.305. The van der Waals surface area contributed by atoms with Gasteiger partial charge in [0.15, 0.2) is 6.29 Å². The van der Waals surface area contributed by atoms with E-state index in [4.69, 9.17) is 5.84 Å². The minimum Gasteiger partial charge on any atom is -0.345 e. The fraction of sp³-hybridized carbons (Fsp3) is 0.385. The molecule has 0 spiro atoms. The van der Waals surface area contributed by atoms with Gasteiger partial charge in [-0.1, -0.05) is 24.3 Å². The second kappa shape index (κ2) is 10.2. The number of carbonyl (C=O) groups excluding carboxylic acids is 2. The maximum Gasteiger partial charge on any atom is 0.416 e. The molecule has 2 aliphatic rings. The topological polar surface area (TPSA) is 81.9 Å². The number of nitrogens with one attached hydrogen (secondary N) is 1. The molecule has 1 saturated heterocycles. The van der Waals surface area contributed by atoms with Crippen molar-refractivity contribution in [3.63, 3.8) is 0 Å². The molecular formula is C26H30F3N5O2. The third-order valence-corrected chi connectivity index (χ3v) is 6.64. The first-order valence-electron chi connectivity index (χ1n) is 11.9. The summed E-state index contributed by atoms with van der Waals surface area (Å²) < 4.78 is 39.7. The van der Waals surface area contributed by atoms with E-state index in [-0.39, 0.29) is 17.5 Å². The predicted molar refractivity (Wildman–Crippen MR) is 132 cm³/mol. The number of alkyl halides is 3. The number of nitrogens with two attached hydrogens (primary N) is 1. The largest absolute Gasteiger partial charge is 0.416 e. The SMILES string of the molecule is C/C=C/C(=O)N1CCCCC(N2c3c(C)cccc3NC2N(N)C(=O)c2cccc(C(F)(F)F)c2)C1. The highest BCUT2D eigenvalue weighted by Gasteiger charge is 2.41. The van der Waals surface area contributed by atoms with E-state index in [2.05, 4.69) is 5.32 Å². The van der Waals surface area contributed by atoms with Gasteiger partial charge in [0.05, 0.1) is 23.0 Å². The van der Waals surface area contributed by atoms with Gasteiger partial charge in [0.2, 0.25) is 5.91 Å². The molecule has 7 nitrogen and oxygen atoms in total. The predicted octanol–water partition coefficient (Wildman–Crippen LogP) is 4.50. The Hall–Kier alpha value is -3.53. The zero-order valence-corrected chi connectivity index (χ0v) is 20.3. The third-order valence-electron chi connectivity index (χ3n) is 6.64. The summed E-state index contributed by atoms with van der Waals surface area (Å²) >= 11 is 0. The summed E-state index contributed by atoms with van der Waals surface area (Å²) in [6.45, 7) is 4.80. The number of hydrazine groups is 1. The van der Waals surface area contributed by atoms with Crippen LogP contribution in [-0.2, 0) is 11.0 Å². The van der Waals surface area contributed by atoms with Crippen LogP contribution in [0.25, 0.3) is 0 Å². The first-order valence-corrected chi connectivity index (χ1v) is 11.9. The lowest BCUT2D eigenvalue weighted by Gasteiger charge is -2.40. The first kappa shape index (κ1) is 25.6. The molecule has 0 bridgehead atoms. The average Bonchev–Trinajstić information content (AvgIpc) is 3.07. The van der Waals surface area contributed by atoms with Crippen LogP contribution in [0.5, 0.6) is 0 Å². The van der Waals surface area contributed by atoms with Crippen LogP contribution in [0.2, 0.25) is 0 Å². The highest BCUT2D eigenvalue weighted by Crippen LogP contribution is 2.41. The monoisotopic (exact) mass is 501 g/mol. The van der Waals surface area contributed by atoms with E-state index in [1.165, 1.54) is 18.2 Å². The van der Waals surface area contributed by atoms with Gasteiger partial charge >= 0.3 is 6.18 Å². The highest BCUT2D eigenvalue weighted by molar-refractivity contribution is 5.95. The van der Waals surface area contributed by atoms with E-state index in [0.717, 1.165) is 53.3 Å². The van der Waals surface area contributed by atoms with Crippen LogP contribution < -0.4 is 16.1 Å². The number of allylic oxidation sites excluding steroid dienone is 1. The lowest BCUT2D eigenvalue weighted by Crippen LogP contribution is -2.60. The molecule has 2 amide bonds. The van der Waals surface area contributed by atoms with E-state index >= 15 is 0 Å². The van der Waals surface area contributed by atoms with Gasteiger partial charge in [0.1, 0.15) is 0 Å². The number of anilines is 2. The molecule has 0 saturated carbocycles. The zero-order valence-electron chi connectivity index (χ0n) is 20.3. The molecule has 192 valence electrons. The minimum absolute atomic E-state index is 0.0808. The summed E-state index contributed by atoms with van der Waals surface area (Å²) in [4.78, 5) is 29.8. The molecule has 2 aromatic rings. The number of hydrogen-bond donors (Lipinski definition) is 2. The first-order chi connectivity index (χ1) is 17.1. The molecule has 36 heavy (non-hydrogen) atoms. The summed E-state index contributed by atoms with van der Waals surface area (Å²) in [7, 11) is 0. The Kier molecular flexibility index (Phi) is 7.26. The van der Waals surface area contributed by atoms with Gasteiger partial charge < -0.3 is 15.1 Å². The van der Waals surface area contributed by atoms with Crippen LogP contribution in [-0.4, -0.2) is 47.1 Å². The average molecular weight is 502 g/mol. The second-order valence-corrected chi connectivity index (χ2v) is 9.12. The molecule has 2 aliphatic heterocycles. The lowest BCUT2D eigenvalue weighted by molar-refractivity contribution is -0.137. The Morgan fingerprint density at radius 1 is 1.17 bits per heavy atom. The molecule has 2 aromatic carbocycles. The van der Waals surface area contributed by atoms with Crippen molar-refractivity contribution < 1.29 is 22.8 Å². The van der Waals surface area contributed by atoms with Gasteiger partial charge in [-0.15, -0.1) is 0 Å². The number of benzene rings is 2. The van der Waals surface area contributed by atoms with Gasteiger partial charge in [-0.3, -0.25) is 9.59 Å². The number of nitrogens with zero attached hydrogens (tertiary/aromatic N) is 3. The van der Waals surface area contributed by atoms with Crippen LogP contribution >= 0.6 is 0 Å². The van der Waals surface area contributed by atoms with Crippen LogP contribution in [0, 0.1) is 6.92 Å². The van der Waals surface area contributed by atoms with Crippen molar-refractivity contribution in [2.45, 2.75) is 51.6 Å². The Morgan fingerprint density at radius 3 is 2.64 bits per heavy atom. The molecule has 4 rings (SSSR count). The molecule has 0 radical (unpaired) electrons. The van der Waals surface area contributed by atoms with Crippen LogP contribution in [0.1, 0.15) is 47.7 Å². The quantitative estimate of drug-likeness (QED) is 0.279. The van der Waals surface area contributed by atoms with Crippen molar-refractivity contribution in [2.75, 3.05) is 23.3 Å². The van der Waals surface area contributed by atoms with Gasteiger partial charge in [0, 0.05) is 18.7 Å².